The van der Waals surface area contributed by atoms with E-state index in [1.54, 1.807) is 6.07 Å². The predicted molar refractivity (Wildman–Crippen MR) is 112 cm³/mol. The molecule has 3 nitrogen and oxygen atoms in total. The van der Waals surface area contributed by atoms with Crippen molar-refractivity contribution in [3.05, 3.63) is 100 Å². The highest BCUT2D eigenvalue weighted by atomic mass is 19.1. The van der Waals surface area contributed by atoms with Crippen molar-refractivity contribution in [1.82, 2.24) is 4.90 Å². The first-order valence-corrected chi connectivity index (χ1v) is 10.2. The standard InChI is InChI=1S/C25H23FN2O/c1-16-13-14-22(21(26)15-16)27-24-19-10-4-5-11-20(19)25(29)28(24)23-12-6-8-17-7-2-3-9-18(17)23/h2-5,7,9-11,13-15,23-24,27H,6,8,12H2,1H3/t23-,24-/m1/s1. The van der Waals surface area contributed by atoms with Gasteiger partial charge in [0.05, 0.1) is 11.7 Å². The van der Waals surface area contributed by atoms with Gasteiger partial charge in [0.2, 0.25) is 0 Å². The van der Waals surface area contributed by atoms with Gasteiger partial charge in [0, 0.05) is 11.1 Å². The second-order valence-electron chi connectivity index (χ2n) is 7.94. The summed E-state index contributed by atoms with van der Waals surface area (Å²) in [7, 11) is 0. The van der Waals surface area contributed by atoms with Crippen LogP contribution >= 0.6 is 0 Å². The van der Waals surface area contributed by atoms with Crippen LogP contribution in [0.25, 0.3) is 0 Å². The lowest BCUT2D eigenvalue weighted by molar-refractivity contribution is 0.0627. The Hall–Kier alpha value is -3.14. The molecule has 29 heavy (non-hydrogen) atoms. The summed E-state index contributed by atoms with van der Waals surface area (Å²) in [6, 6.07) is 21.2. The number of fused-ring (bicyclic) bond motifs is 2. The molecule has 0 bridgehead atoms. The minimum Gasteiger partial charge on any atom is -0.359 e. The number of amides is 1. The molecule has 1 heterocycles. The lowest BCUT2D eigenvalue weighted by atomic mass is 9.86. The summed E-state index contributed by atoms with van der Waals surface area (Å²) in [6.07, 6.45) is 2.58. The van der Waals surface area contributed by atoms with E-state index >= 15 is 0 Å². The average Bonchev–Trinajstić information content (AvgIpc) is 3.01. The van der Waals surface area contributed by atoms with Crippen molar-refractivity contribution < 1.29 is 9.18 Å². The molecule has 3 aromatic carbocycles. The smallest absolute Gasteiger partial charge is 0.256 e. The molecule has 1 aliphatic heterocycles. The summed E-state index contributed by atoms with van der Waals surface area (Å²) in [5, 5.41) is 3.33. The van der Waals surface area contributed by atoms with Crippen molar-refractivity contribution in [2.45, 2.75) is 38.4 Å². The van der Waals surface area contributed by atoms with Crippen LogP contribution in [0.4, 0.5) is 10.1 Å². The zero-order chi connectivity index (χ0) is 20.0. The molecule has 1 amide bonds. The minimum atomic E-state index is -0.396. The molecule has 5 rings (SSSR count). The van der Waals surface area contributed by atoms with Crippen molar-refractivity contribution >= 4 is 11.6 Å². The Morgan fingerprint density at radius 1 is 1.00 bits per heavy atom. The molecule has 0 saturated carbocycles. The quantitative estimate of drug-likeness (QED) is 0.619. The number of hydrogen-bond acceptors (Lipinski definition) is 2. The van der Waals surface area contributed by atoms with Crippen LogP contribution < -0.4 is 5.32 Å². The second kappa shape index (κ2) is 7.03. The van der Waals surface area contributed by atoms with Gasteiger partial charge in [-0.05, 0) is 61.1 Å². The number of hydrogen-bond donors (Lipinski definition) is 1. The zero-order valence-electron chi connectivity index (χ0n) is 16.4. The normalized spacial score (nSPS) is 20.3. The highest BCUT2D eigenvalue weighted by Crippen LogP contribution is 2.44. The number of benzene rings is 3. The van der Waals surface area contributed by atoms with E-state index in [4.69, 9.17) is 0 Å². The van der Waals surface area contributed by atoms with Gasteiger partial charge in [-0.2, -0.15) is 0 Å². The molecule has 0 radical (unpaired) electrons. The van der Waals surface area contributed by atoms with Gasteiger partial charge in [-0.1, -0.05) is 48.5 Å². The molecule has 4 heteroatoms. The predicted octanol–water partition coefficient (Wildman–Crippen LogP) is 5.78. The molecule has 3 aromatic rings. The van der Waals surface area contributed by atoms with Crippen LogP contribution in [0.2, 0.25) is 0 Å². The van der Waals surface area contributed by atoms with Crippen LogP contribution in [-0.2, 0) is 6.42 Å². The van der Waals surface area contributed by atoms with Gasteiger partial charge in [0.1, 0.15) is 12.0 Å². The van der Waals surface area contributed by atoms with Crippen LogP contribution in [-0.4, -0.2) is 10.8 Å². The Kier molecular flexibility index (Phi) is 4.35. The van der Waals surface area contributed by atoms with Gasteiger partial charge in [-0.25, -0.2) is 4.39 Å². The van der Waals surface area contributed by atoms with Gasteiger partial charge in [-0.15, -0.1) is 0 Å². The highest BCUT2D eigenvalue weighted by Gasteiger charge is 2.42. The van der Waals surface area contributed by atoms with Crippen molar-refractivity contribution in [3.8, 4) is 0 Å². The van der Waals surface area contributed by atoms with Gasteiger partial charge >= 0.3 is 0 Å². The molecule has 0 spiro atoms. The zero-order valence-corrected chi connectivity index (χ0v) is 16.4. The molecule has 0 fully saturated rings. The Balaban J connectivity index is 1.59. The number of carbonyl (C=O) groups excluding carboxylic acids is 1. The summed E-state index contributed by atoms with van der Waals surface area (Å²) in [4.78, 5) is 15.4. The van der Waals surface area contributed by atoms with Crippen molar-refractivity contribution in [2.75, 3.05) is 5.32 Å². The Bertz CT molecular complexity index is 1090. The summed E-state index contributed by atoms with van der Waals surface area (Å²) in [5.41, 5.74) is 5.39. The maximum Gasteiger partial charge on any atom is 0.256 e. The fourth-order valence-electron chi connectivity index (χ4n) is 4.71. The number of aryl methyl sites for hydroxylation is 2. The fraction of sp³-hybridized carbons (Fsp3) is 0.240. The summed E-state index contributed by atoms with van der Waals surface area (Å²) >= 11 is 0. The molecular formula is C25H23FN2O. The number of nitrogens with one attached hydrogen (secondary N) is 1. The van der Waals surface area contributed by atoms with E-state index in [2.05, 4.69) is 23.5 Å². The first kappa shape index (κ1) is 17.9. The Labute approximate surface area is 170 Å². The maximum absolute atomic E-state index is 14.6. The lowest BCUT2D eigenvalue weighted by Crippen LogP contribution is -2.37. The van der Waals surface area contributed by atoms with Crippen LogP contribution in [0.3, 0.4) is 0 Å². The number of nitrogens with zero attached hydrogens (tertiary/aromatic N) is 1. The molecule has 0 aromatic heterocycles. The molecule has 146 valence electrons. The SMILES string of the molecule is Cc1ccc(N[C@H]2c3ccccc3C(=O)N2[C@@H]2CCCc3ccccc32)c(F)c1. The van der Waals surface area contributed by atoms with E-state index in [-0.39, 0.29) is 17.8 Å². The lowest BCUT2D eigenvalue weighted by Gasteiger charge is -2.38. The van der Waals surface area contributed by atoms with Gasteiger partial charge < -0.3 is 10.2 Å². The van der Waals surface area contributed by atoms with Crippen molar-refractivity contribution in [2.24, 2.45) is 0 Å². The van der Waals surface area contributed by atoms with E-state index in [1.165, 1.54) is 17.2 Å². The topological polar surface area (TPSA) is 32.3 Å². The van der Waals surface area contributed by atoms with E-state index in [0.29, 0.717) is 11.3 Å². The van der Waals surface area contributed by atoms with Crippen LogP contribution in [0, 0.1) is 12.7 Å². The molecule has 0 saturated heterocycles. The largest absolute Gasteiger partial charge is 0.359 e. The average molecular weight is 386 g/mol. The van der Waals surface area contributed by atoms with Crippen LogP contribution in [0.15, 0.2) is 66.7 Å². The monoisotopic (exact) mass is 386 g/mol. The maximum atomic E-state index is 14.6. The first-order chi connectivity index (χ1) is 14.1. The van der Waals surface area contributed by atoms with Gasteiger partial charge in [0.15, 0.2) is 0 Å². The summed E-state index contributed by atoms with van der Waals surface area (Å²) in [5.74, 6) is -0.293. The number of carbonyl (C=O) groups is 1. The molecule has 1 N–H and O–H groups in total. The molecule has 2 aliphatic rings. The number of rotatable bonds is 3. The second-order valence-corrected chi connectivity index (χ2v) is 7.94. The Morgan fingerprint density at radius 3 is 2.59 bits per heavy atom. The van der Waals surface area contributed by atoms with E-state index < -0.39 is 6.17 Å². The number of halogens is 1. The third-order valence-electron chi connectivity index (χ3n) is 6.09. The van der Waals surface area contributed by atoms with Crippen LogP contribution in [0.5, 0.6) is 0 Å². The van der Waals surface area contributed by atoms with E-state index in [1.807, 2.05) is 48.2 Å². The summed E-state index contributed by atoms with van der Waals surface area (Å²) in [6.45, 7) is 1.87. The minimum absolute atomic E-state index is 0.00678. The van der Waals surface area contributed by atoms with Gasteiger partial charge in [0.25, 0.3) is 5.91 Å². The van der Waals surface area contributed by atoms with Crippen molar-refractivity contribution in [1.29, 1.82) is 0 Å². The van der Waals surface area contributed by atoms with Gasteiger partial charge in [-0.3, -0.25) is 4.79 Å². The summed E-state index contributed by atoms with van der Waals surface area (Å²) < 4.78 is 14.6. The molecular weight excluding hydrogens is 363 g/mol. The van der Waals surface area contributed by atoms with E-state index in [0.717, 1.165) is 30.4 Å². The third kappa shape index (κ3) is 3.00. The third-order valence-corrected chi connectivity index (χ3v) is 6.09. The Morgan fingerprint density at radius 2 is 1.76 bits per heavy atom. The van der Waals surface area contributed by atoms with Crippen molar-refractivity contribution in [3.63, 3.8) is 0 Å². The number of anilines is 1. The molecule has 1 aliphatic carbocycles. The molecule has 2 atom stereocenters. The molecule has 0 unspecified atom stereocenters. The highest BCUT2D eigenvalue weighted by molar-refractivity contribution is 5.99. The fourth-order valence-corrected chi connectivity index (χ4v) is 4.71. The van der Waals surface area contributed by atoms with E-state index in [9.17, 15) is 9.18 Å². The van der Waals surface area contributed by atoms with Crippen LogP contribution in [0.1, 0.15) is 57.7 Å². The first-order valence-electron chi connectivity index (χ1n) is 10.2.